The number of aromatic nitrogens is 2. The van der Waals surface area contributed by atoms with Crippen molar-refractivity contribution < 1.29 is 18.7 Å². The summed E-state index contributed by atoms with van der Waals surface area (Å²) in [6.07, 6.45) is 3.27. The van der Waals surface area contributed by atoms with Crippen LogP contribution < -0.4 is 15.4 Å². The summed E-state index contributed by atoms with van der Waals surface area (Å²) >= 11 is 0. The average Bonchev–Trinajstić information content (AvgIpc) is 3.13. The molecule has 0 fully saturated rings. The van der Waals surface area contributed by atoms with Crippen molar-refractivity contribution in [3.05, 3.63) is 78.1 Å². The van der Waals surface area contributed by atoms with Gasteiger partial charge >= 0.3 is 11.8 Å². The van der Waals surface area contributed by atoms with E-state index in [9.17, 15) is 14.0 Å². The molecule has 3 rings (SSSR count). The first-order valence-electron chi connectivity index (χ1n) is 9.05. The Morgan fingerprint density at radius 2 is 1.93 bits per heavy atom. The van der Waals surface area contributed by atoms with Gasteiger partial charge in [0.1, 0.15) is 23.4 Å². The van der Waals surface area contributed by atoms with Gasteiger partial charge in [-0.1, -0.05) is 12.1 Å². The van der Waals surface area contributed by atoms with Gasteiger partial charge in [0.2, 0.25) is 0 Å². The highest BCUT2D eigenvalue weighted by molar-refractivity contribution is 6.39. The zero-order valence-corrected chi connectivity index (χ0v) is 16.1. The van der Waals surface area contributed by atoms with Gasteiger partial charge in [-0.05, 0) is 48.9 Å². The number of halogens is 1. The Kier molecular flexibility index (Phi) is 6.23. The van der Waals surface area contributed by atoms with Crippen molar-refractivity contribution in [1.29, 1.82) is 0 Å². The number of aryl methyl sites for hydroxylation is 1. The van der Waals surface area contributed by atoms with E-state index in [1.54, 1.807) is 54.3 Å². The third-order valence-electron chi connectivity index (χ3n) is 4.20. The van der Waals surface area contributed by atoms with E-state index in [4.69, 9.17) is 4.74 Å². The molecular formula is C21H21FN4O3. The van der Waals surface area contributed by atoms with Gasteiger partial charge in [0, 0.05) is 25.1 Å². The molecule has 0 saturated heterocycles. The monoisotopic (exact) mass is 396 g/mol. The molecule has 1 heterocycles. The summed E-state index contributed by atoms with van der Waals surface area (Å²) in [6, 6.07) is 11.7. The lowest BCUT2D eigenvalue weighted by Gasteiger charge is -2.19. The van der Waals surface area contributed by atoms with E-state index in [1.807, 2.05) is 6.92 Å². The highest BCUT2D eigenvalue weighted by Gasteiger charge is 2.24. The van der Waals surface area contributed by atoms with Gasteiger partial charge < -0.3 is 19.9 Å². The first kappa shape index (κ1) is 20.1. The molecule has 29 heavy (non-hydrogen) atoms. The summed E-state index contributed by atoms with van der Waals surface area (Å²) in [5, 5.41) is 5.16. The molecule has 0 spiro atoms. The smallest absolute Gasteiger partial charge is 0.313 e. The van der Waals surface area contributed by atoms with Crippen LogP contribution in [0.1, 0.15) is 24.4 Å². The predicted octanol–water partition coefficient (Wildman–Crippen LogP) is 2.80. The number of hydrogen-bond donors (Lipinski definition) is 2. The number of anilines is 1. The Morgan fingerprint density at radius 1 is 1.17 bits per heavy atom. The molecule has 0 radical (unpaired) electrons. The van der Waals surface area contributed by atoms with Gasteiger partial charge in [0.25, 0.3) is 0 Å². The summed E-state index contributed by atoms with van der Waals surface area (Å²) in [5.41, 5.74) is 0.925. The molecule has 0 aliphatic heterocycles. The molecule has 7 nitrogen and oxygen atoms in total. The zero-order valence-electron chi connectivity index (χ0n) is 16.1. The number of imidazole rings is 1. The lowest BCUT2D eigenvalue weighted by Crippen LogP contribution is -2.39. The van der Waals surface area contributed by atoms with Crippen LogP contribution in [-0.4, -0.2) is 28.0 Å². The third-order valence-corrected chi connectivity index (χ3v) is 4.20. The maximum absolute atomic E-state index is 13.7. The van der Waals surface area contributed by atoms with Gasteiger partial charge in [0.15, 0.2) is 0 Å². The molecular weight excluding hydrogens is 375 g/mol. The Hall–Kier alpha value is -3.68. The molecule has 0 saturated carbocycles. The van der Waals surface area contributed by atoms with Crippen LogP contribution in [-0.2, 0) is 16.6 Å². The highest BCUT2D eigenvalue weighted by atomic mass is 19.1. The lowest BCUT2D eigenvalue weighted by molar-refractivity contribution is -0.136. The van der Waals surface area contributed by atoms with Gasteiger partial charge in [0.05, 0.1) is 6.61 Å². The average molecular weight is 396 g/mol. The number of ether oxygens (including phenoxy) is 1. The minimum atomic E-state index is -0.865. The van der Waals surface area contributed by atoms with Crippen LogP contribution in [0.5, 0.6) is 5.75 Å². The second-order valence-electron chi connectivity index (χ2n) is 6.27. The number of amides is 2. The molecule has 8 heteroatoms. The van der Waals surface area contributed by atoms with Crippen molar-refractivity contribution >= 4 is 17.5 Å². The van der Waals surface area contributed by atoms with Crippen LogP contribution in [0.4, 0.5) is 10.1 Å². The second kappa shape index (κ2) is 9.01. The number of hydrogen-bond acceptors (Lipinski definition) is 4. The number of carbonyl (C=O) groups excluding carboxylic acids is 2. The molecule has 2 amide bonds. The van der Waals surface area contributed by atoms with Crippen LogP contribution in [0.2, 0.25) is 0 Å². The predicted molar refractivity (Wildman–Crippen MR) is 106 cm³/mol. The lowest BCUT2D eigenvalue weighted by atomic mass is 10.1. The third kappa shape index (κ3) is 4.98. The van der Waals surface area contributed by atoms with Gasteiger partial charge in [-0.15, -0.1) is 0 Å². The summed E-state index contributed by atoms with van der Waals surface area (Å²) in [6.45, 7) is 2.40. The summed E-state index contributed by atoms with van der Waals surface area (Å²) in [7, 11) is 1.75. The normalized spacial score (nSPS) is 11.6. The van der Waals surface area contributed by atoms with Crippen molar-refractivity contribution in [1.82, 2.24) is 14.9 Å². The number of benzene rings is 2. The zero-order chi connectivity index (χ0) is 20.8. The molecule has 150 valence electrons. The Labute approximate surface area is 167 Å². The van der Waals surface area contributed by atoms with E-state index in [1.165, 1.54) is 18.2 Å². The minimum Gasteiger partial charge on any atom is -0.494 e. The maximum Gasteiger partial charge on any atom is 0.313 e. The van der Waals surface area contributed by atoms with Crippen LogP contribution in [0.25, 0.3) is 0 Å². The quantitative estimate of drug-likeness (QED) is 0.628. The van der Waals surface area contributed by atoms with E-state index >= 15 is 0 Å². The van der Waals surface area contributed by atoms with Crippen molar-refractivity contribution in [2.75, 3.05) is 11.9 Å². The topological polar surface area (TPSA) is 85.2 Å². The fraction of sp³-hybridized carbons (Fsp3) is 0.190. The van der Waals surface area contributed by atoms with Crippen LogP contribution in [0, 0.1) is 5.82 Å². The number of carbonyl (C=O) groups is 2. The Balaban J connectivity index is 1.75. The molecule has 2 aromatic carbocycles. The van der Waals surface area contributed by atoms with E-state index in [0.29, 0.717) is 29.4 Å². The highest BCUT2D eigenvalue weighted by Crippen LogP contribution is 2.21. The van der Waals surface area contributed by atoms with Crippen molar-refractivity contribution in [2.45, 2.75) is 13.0 Å². The van der Waals surface area contributed by atoms with Crippen LogP contribution in [0.3, 0.4) is 0 Å². The van der Waals surface area contributed by atoms with Crippen LogP contribution in [0.15, 0.2) is 60.9 Å². The standard InChI is InChI=1S/C21H21FN4O3/c1-3-29-17-9-7-16(8-10-17)24-20(27)21(28)25-18(19-23-11-12-26(19)2)14-5-4-6-15(22)13-14/h4-13,18H,3H2,1-2H3,(H,24,27)(H,25,28)/t18-/m1/s1. The number of nitrogens with zero attached hydrogens (tertiary/aromatic N) is 2. The first-order valence-corrected chi connectivity index (χ1v) is 9.05. The second-order valence-corrected chi connectivity index (χ2v) is 6.27. The number of nitrogens with one attached hydrogen (secondary N) is 2. The van der Waals surface area contributed by atoms with E-state index in [-0.39, 0.29) is 0 Å². The minimum absolute atomic E-state index is 0.449. The summed E-state index contributed by atoms with van der Waals surface area (Å²) in [5.74, 6) is -1.02. The fourth-order valence-corrected chi connectivity index (χ4v) is 2.82. The van der Waals surface area contributed by atoms with Crippen molar-refractivity contribution in [2.24, 2.45) is 7.05 Å². The molecule has 3 aromatic rings. The van der Waals surface area contributed by atoms with E-state index < -0.39 is 23.7 Å². The van der Waals surface area contributed by atoms with Crippen molar-refractivity contribution in [3.8, 4) is 5.75 Å². The fourth-order valence-electron chi connectivity index (χ4n) is 2.82. The van der Waals surface area contributed by atoms with Gasteiger partial charge in [-0.25, -0.2) is 9.37 Å². The van der Waals surface area contributed by atoms with Gasteiger partial charge in [-0.2, -0.15) is 0 Å². The van der Waals surface area contributed by atoms with Crippen LogP contribution >= 0.6 is 0 Å². The Bertz CT molecular complexity index is 1000. The largest absolute Gasteiger partial charge is 0.494 e. The molecule has 0 unspecified atom stereocenters. The van der Waals surface area contributed by atoms with E-state index in [2.05, 4.69) is 15.6 Å². The summed E-state index contributed by atoms with van der Waals surface area (Å²) < 4.78 is 20.8. The molecule has 2 N–H and O–H groups in total. The van der Waals surface area contributed by atoms with E-state index in [0.717, 1.165) is 0 Å². The number of rotatable bonds is 6. The molecule has 0 aliphatic rings. The van der Waals surface area contributed by atoms with Gasteiger partial charge in [-0.3, -0.25) is 9.59 Å². The maximum atomic E-state index is 13.7. The van der Waals surface area contributed by atoms with Crippen molar-refractivity contribution in [3.63, 3.8) is 0 Å². The summed E-state index contributed by atoms with van der Waals surface area (Å²) in [4.78, 5) is 29.1. The molecule has 0 bridgehead atoms. The molecule has 1 atom stereocenters. The Morgan fingerprint density at radius 3 is 2.55 bits per heavy atom. The SMILES string of the molecule is CCOc1ccc(NC(=O)C(=O)N[C@H](c2cccc(F)c2)c2nccn2C)cc1. The first-order chi connectivity index (χ1) is 14.0. The molecule has 1 aromatic heterocycles. The molecule has 0 aliphatic carbocycles.